The lowest BCUT2D eigenvalue weighted by Gasteiger charge is -2.32. The quantitative estimate of drug-likeness (QED) is 0.944. The first-order valence-electron chi connectivity index (χ1n) is 7.52. The Morgan fingerprint density at radius 3 is 3.10 bits per heavy atom. The Bertz CT molecular complexity index is 590. The monoisotopic (exact) mass is 303 g/mol. The molecule has 1 aliphatic heterocycles. The van der Waals surface area contributed by atoms with E-state index in [1.807, 2.05) is 11.0 Å². The summed E-state index contributed by atoms with van der Waals surface area (Å²) in [6.45, 7) is 3.87. The molecule has 3 heterocycles. The first-order valence-corrected chi connectivity index (χ1v) is 8.33. The Morgan fingerprint density at radius 2 is 2.38 bits per heavy atom. The first kappa shape index (κ1) is 14.3. The Morgan fingerprint density at radius 1 is 1.48 bits per heavy atom. The molecular weight excluding hydrogens is 282 g/mol. The summed E-state index contributed by atoms with van der Waals surface area (Å²) < 4.78 is 0. The molecule has 0 aromatic carbocycles. The number of carbonyl (C=O) groups is 1. The number of aromatic nitrogens is 2. The third-order valence-corrected chi connectivity index (χ3v) is 5.06. The van der Waals surface area contributed by atoms with Gasteiger partial charge in [-0.3, -0.25) is 9.89 Å². The minimum atomic E-state index is 0.270. The Labute approximate surface area is 129 Å². The number of nitrogens with zero attached hydrogens (tertiary/aromatic N) is 2. The molecule has 4 nitrogen and oxygen atoms in total. The molecule has 0 bridgehead atoms. The van der Waals surface area contributed by atoms with Gasteiger partial charge in [0.05, 0.1) is 6.42 Å². The number of hydrogen-bond donors (Lipinski definition) is 1. The molecule has 21 heavy (non-hydrogen) atoms. The molecule has 0 spiro atoms. The fourth-order valence-corrected chi connectivity index (χ4v) is 3.89. The van der Waals surface area contributed by atoms with Crippen LogP contribution in [0.2, 0.25) is 0 Å². The van der Waals surface area contributed by atoms with Crippen molar-refractivity contribution < 1.29 is 4.79 Å². The highest BCUT2D eigenvalue weighted by atomic mass is 32.1. The van der Waals surface area contributed by atoms with Crippen molar-refractivity contribution in [1.29, 1.82) is 0 Å². The van der Waals surface area contributed by atoms with Gasteiger partial charge in [-0.05, 0) is 50.3 Å². The maximum atomic E-state index is 12.4. The van der Waals surface area contributed by atoms with Crippen LogP contribution in [0.5, 0.6) is 0 Å². The van der Waals surface area contributed by atoms with Gasteiger partial charge >= 0.3 is 0 Å². The lowest BCUT2D eigenvalue weighted by molar-refractivity contribution is -0.132. The summed E-state index contributed by atoms with van der Waals surface area (Å²) in [6.07, 6.45) is 5.63. The van der Waals surface area contributed by atoms with Crippen LogP contribution in [0.15, 0.2) is 24.4 Å². The molecule has 2 aromatic heterocycles. The van der Waals surface area contributed by atoms with Crippen LogP contribution in [-0.4, -0.2) is 34.1 Å². The van der Waals surface area contributed by atoms with Gasteiger partial charge in [-0.2, -0.15) is 5.10 Å². The van der Waals surface area contributed by atoms with E-state index in [-0.39, 0.29) is 5.91 Å². The first-order chi connectivity index (χ1) is 10.2. The number of carbonyl (C=O) groups excluding carboxylic acids is 1. The van der Waals surface area contributed by atoms with E-state index in [2.05, 4.69) is 29.3 Å². The minimum Gasteiger partial charge on any atom is -0.342 e. The van der Waals surface area contributed by atoms with Crippen molar-refractivity contribution in [2.24, 2.45) is 5.92 Å². The second-order valence-corrected chi connectivity index (χ2v) is 7.20. The molecule has 1 amide bonds. The predicted molar refractivity (Wildman–Crippen MR) is 84.4 cm³/mol. The predicted octanol–water partition coefficient (Wildman–Crippen LogP) is 2.80. The van der Waals surface area contributed by atoms with Crippen molar-refractivity contribution in [1.82, 2.24) is 15.1 Å². The fraction of sp³-hybridized carbons (Fsp3) is 0.500. The number of thiophene rings is 1. The van der Waals surface area contributed by atoms with Crippen LogP contribution in [0.1, 0.15) is 28.3 Å². The van der Waals surface area contributed by atoms with Crippen LogP contribution in [0.4, 0.5) is 0 Å². The number of hydrogen-bond acceptors (Lipinski definition) is 3. The Hall–Kier alpha value is -1.62. The molecule has 2 aromatic rings. The van der Waals surface area contributed by atoms with E-state index in [0.717, 1.165) is 25.9 Å². The Kier molecular flexibility index (Phi) is 4.39. The molecule has 0 aliphatic carbocycles. The molecule has 1 fully saturated rings. The number of rotatable bonds is 4. The van der Waals surface area contributed by atoms with E-state index in [1.165, 1.54) is 21.9 Å². The SMILES string of the molecule is Cc1ccc(CC(=O)N2CCC[C@@H](Cc3ccn[nH]3)C2)s1. The van der Waals surface area contributed by atoms with Crippen LogP contribution in [0.3, 0.4) is 0 Å². The standard InChI is InChI=1S/C16H21N3OS/c1-12-4-5-15(21-12)10-16(20)19-8-2-3-13(11-19)9-14-6-7-17-18-14/h4-7,13H,2-3,8-11H2,1H3,(H,17,18)/t13-/m0/s1. The number of likely N-dealkylation sites (tertiary alicyclic amines) is 1. The summed E-state index contributed by atoms with van der Waals surface area (Å²) >= 11 is 1.72. The smallest absolute Gasteiger partial charge is 0.227 e. The molecule has 5 heteroatoms. The zero-order valence-corrected chi connectivity index (χ0v) is 13.2. The van der Waals surface area contributed by atoms with E-state index in [0.29, 0.717) is 12.3 Å². The van der Waals surface area contributed by atoms with Gasteiger partial charge in [-0.25, -0.2) is 0 Å². The largest absolute Gasteiger partial charge is 0.342 e. The summed E-state index contributed by atoms with van der Waals surface area (Å²) in [5.74, 6) is 0.819. The van der Waals surface area contributed by atoms with Gasteiger partial charge in [0.1, 0.15) is 0 Å². The molecule has 0 saturated carbocycles. The van der Waals surface area contributed by atoms with Crippen molar-refractivity contribution >= 4 is 17.2 Å². The lowest BCUT2D eigenvalue weighted by Crippen LogP contribution is -2.41. The number of piperidine rings is 1. The van der Waals surface area contributed by atoms with Gasteiger partial charge < -0.3 is 4.90 Å². The molecule has 1 saturated heterocycles. The normalized spacial score (nSPS) is 18.9. The second-order valence-electron chi connectivity index (χ2n) is 5.82. The molecule has 1 atom stereocenters. The zero-order chi connectivity index (χ0) is 14.7. The maximum absolute atomic E-state index is 12.4. The molecule has 1 N–H and O–H groups in total. The van der Waals surface area contributed by atoms with Gasteiger partial charge in [0.25, 0.3) is 0 Å². The summed E-state index contributed by atoms with van der Waals surface area (Å²) in [6, 6.07) is 6.18. The van der Waals surface area contributed by atoms with Crippen LogP contribution in [-0.2, 0) is 17.6 Å². The molecule has 0 radical (unpaired) electrons. The Balaban J connectivity index is 1.56. The average molecular weight is 303 g/mol. The van der Waals surface area contributed by atoms with Gasteiger partial charge in [0.2, 0.25) is 5.91 Å². The summed E-state index contributed by atoms with van der Waals surface area (Å²) in [4.78, 5) is 16.9. The lowest BCUT2D eigenvalue weighted by atomic mass is 9.93. The zero-order valence-electron chi connectivity index (χ0n) is 12.3. The van der Waals surface area contributed by atoms with E-state index in [1.54, 1.807) is 17.5 Å². The number of H-pyrrole nitrogens is 1. The highest BCUT2D eigenvalue weighted by Gasteiger charge is 2.24. The molecule has 1 aliphatic rings. The minimum absolute atomic E-state index is 0.270. The summed E-state index contributed by atoms with van der Waals surface area (Å²) in [5.41, 5.74) is 1.17. The highest BCUT2D eigenvalue weighted by Crippen LogP contribution is 2.22. The molecular formula is C16H21N3OS. The van der Waals surface area contributed by atoms with Crippen LogP contribution >= 0.6 is 11.3 Å². The maximum Gasteiger partial charge on any atom is 0.227 e. The number of nitrogens with one attached hydrogen (secondary N) is 1. The van der Waals surface area contributed by atoms with Gasteiger partial charge in [-0.15, -0.1) is 11.3 Å². The van der Waals surface area contributed by atoms with Crippen LogP contribution in [0, 0.1) is 12.8 Å². The highest BCUT2D eigenvalue weighted by molar-refractivity contribution is 7.12. The van der Waals surface area contributed by atoms with E-state index < -0.39 is 0 Å². The molecule has 112 valence electrons. The van der Waals surface area contributed by atoms with Crippen molar-refractivity contribution in [3.63, 3.8) is 0 Å². The van der Waals surface area contributed by atoms with Gasteiger partial charge in [0, 0.05) is 34.7 Å². The van der Waals surface area contributed by atoms with Crippen molar-refractivity contribution in [3.05, 3.63) is 39.8 Å². The van der Waals surface area contributed by atoms with E-state index in [9.17, 15) is 4.79 Å². The second kappa shape index (κ2) is 6.43. The number of amides is 1. The fourth-order valence-electron chi connectivity index (χ4n) is 3.01. The number of aromatic amines is 1. The van der Waals surface area contributed by atoms with E-state index >= 15 is 0 Å². The third kappa shape index (κ3) is 3.73. The van der Waals surface area contributed by atoms with Gasteiger partial charge in [0.15, 0.2) is 0 Å². The average Bonchev–Trinajstić information content (AvgIpc) is 3.11. The number of aryl methyl sites for hydroxylation is 1. The van der Waals surface area contributed by atoms with Crippen LogP contribution in [0.25, 0.3) is 0 Å². The van der Waals surface area contributed by atoms with Crippen LogP contribution < -0.4 is 0 Å². The summed E-state index contributed by atoms with van der Waals surface area (Å²) in [5, 5.41) is 7.02. The molecule has 3 rings (SSSR count). The van der Waals surface area contributed by atoms with Crippen molar-refractivity contribution in [3.8, 4) is 0 Å². The molecule has 0 unspecified atom stereocenters. The van der Waals surface area contributed by atoms with E-state index in [4.69, 9.17) is 0 Å². The van der Waals surface area contributed by atoms with Crippen molar-refractivity contribution in [2.75, 3.05) is 13.1 Å². The third-order valence-electron chi connectivity index (χ3n) is 4.06. The van der Waals surface area contributed by atoms with Crippen molar-refractivity contribution in [2.45, 2.75) is 32.6 Å². The summed E-state index contributed by atoms with van der Waals surface area (Å²) in [7, 11) is 0. The van der Waals surface area contributed by atoms with Gasteiger partial charge in [-0.1, -0.05) is 0 Å². The topological polar surface area (TPSA) is 49.0 Å².